The molecule has 1 aromatic heterocycles. The largest absolute Gasteiger partial charge is 0.472 e. The van der Waals surface area contributed by atoms with E-state index in [-0.39, 0.29) is 6.10 Å². The summed E-state index contributed by atoms with van der Waals surface area (Å²) in [6.07, 6.45) is 12.2. The van der Waals surface area contributed by atoms with Crippen LogP contribution in [0, 0.1) is 12.8 Å². The molecule has 1 saturated heterocycles. The normalized spacial score (nSPS) is 22.4. The van der Waals surface area contributed by atoms with Crippen molar-refractivity contribution in [3.63, 3.8) is 0 Å². The van der Waals surface area contributed by atoms with E-state index in [0.717, 1.165) is 31.7 Å². The fourth-order valence-corrected chi connectivity index (χ4v) is 3.89. The number of carbonyl (C=O) groups is 1. The summed E-state index contributed by atoms with van der Waals surface area (Å²) in [6, 6.07) is 1.79. The predicted molar refractivity (Wildman–Crippen MR) is 92.8 cm³/mol. The summed E-state index contributed by atoms with van der Waals surface area (Å²) in [5.41, 5.74) is 0. The lowest BCUT2D eigenvalue weighted by molar-refractivity contribution is -0.134. The van der Waals surface area contributed by atoms with Gasteiger partial charge in [0, 0.05) is 25.2 Å². The number of carbonyl (C=O) groups excluding carboxylic acids is 1. The molecule has 5 nitrogen and oxygen atoms in total. The Morgan fingerprint density at radius 2 is 2.08 bits per heavy atom. The molecule has 3 rings (SSSR count). The smallest absolute Gasteiger partial charge is 0.222 e. The maximum absolute atomic E-state index is 12.5. The van der Waals surface area contributed by atoms with Crippen LogP contribution in [0.3, 0.4) is 0 Å². The number of hydrogen-bond donors (Lipinski definition) is 0. The van der Waals surface area contributed by atoms with Crippen molar-refractivity contribution in [3.8, 4) is 5.88 Å². The van der Waals surface area contributed by atoms with Crippen LogP contribution in [0.25, 0.3) is 0 Å². The Morgan fingerprint density at radius 3 is 2.88 bits per heavy atom. The van der Waals surface area contributed by atoms with E-state index in [1.807, 2.05) is 11.8 Å². The molecule has 1 aromatic rings. The van der Waals surface area contributed by atoms with E-state index >= 15 is 0 Å². The summed E-state index contributed by atoms with van der Waals surface area (Å²) < 4.78 is 5.97. The maximum atomic E-state index is 12.5. The van der Waals surface area contributed by atoms with Gasteiger partial charge in [0.15, 0.2) is 0 Å². The molecule has 5 heteroatoms. The first-order valence-corrected chi connectivity index (χ1v) is 9.45. The second-order valence-corrected chi connectivity index (χ2v) is 7.21. The van der Waals surface area contributed by atoms with Gasteiger partial charge in [-0.3, -0.25) is 4.79 Å². The third-order valence-corrected chi connectivity index (χ3v) is 5.26. The van der Waals surface area contributed by atoms with Crippen molar-refractivity contribution in [1.29, 1.82) is 0 Å². The van der Waals surface area contributed by atoms with E-state index in [2.05, 4.69) is 9.97 Å². The highest BCUT2D eigenvalue weighted by Gasteiger charge is 2.25. The molecule has 1 amide bonds. The van der Waals surface area contributed by atoms with Gasteiger partial charge < -0.3 is 9.64 Å². The van der Waals surface area contributed by atoms with Gasteiger partial charge in [-0.25, -0.2) is 4.98 Å². The molecule has 24 heavy (non-hydrogen) atoms. The SMILES string of the molecule is Cc1nccc(OC2CCCN(C(=O)CCC3CCCCC3)C2)n1. The molecule has 132 valence electrons. The number of aryl methyl sites for hydroxylation is 1. The highest BCUT2D eigenvalue weighted by molar-refractivity contribution is 5.76. The van der Waals surface area contributed by atoms with Crippen LogP contribution in [-0.2, 0) is 4.79 Å². The second kappa shape index (κ2) is 8.45. The molecule has 0 aromatic carbocycles. The quantitative estimate of drug-likeness (QED) is 0.828. The molecule has 0 radical (unpaired) electrons. The van der Waals surface area contributed by atoms with Crippen LogP contribution in [0.15, 0.2) is 12.3 Å². The molecule has 1 aliphatic heterocycles. The molecular weight excluding hydrogens is 302 g/mol. The molecule has 1 aliphatic carbocycles. The van der Waals surface area contributed by atoms with Gasteiger partial charge in [-0.2, -0.15) is 4.98 Å². The predicted octanol–water partition coefficient (Wildman–Crippen LogP) is 3.52. The monoisotopic (exact) mass is 331 g/mol. The van der Waals surface area contributed by atoms with Crippen molar-refractivity contribution in [2.24, 2.45) is 5.92 Å². The van der Waals surface area contributed by atoms with E-state index in [9.17, 15) is 4.79 Å². The fraction of sp³-hybridized carbons (Fsp3) is 0.737. The van der Waals surface area contributed by atoms with E-state index in [0.29, 0.717) is 30.6 Å². The van der Waals surface area contributed by atoms with Crippen LogP contribution in [0.4, 0.5) is 0 Å². The van der Waals surface area contributed by atoms with Gasteiger partial charge in [0.05, 0.1) is 6.54 Å². The van der Waals surface area contributed by atoms with Crippen LogP contribution >= 0.6 is 0 Å². The molecule has 2 aliphatic rings. The van der Waals surface area contributed by atoms with E-state index in [4.69, 9.17) is 4.74 Å². The number of rotatable bonds is 5. The van der Waals surface area contributed by atoms with Crippen molar-refractivity contribution in [2.45, 2.75) is 70.8 Å². The third-order valence-electron chi connectivity index (χ3n) is 5.26. The number of aromatic nitrogens is 2. The van der Waals surface area contributed by atoms with Gasteiger partial charge in [0.25, 0.3) is 0 Å². The molecule has 2 heterocycles. The number of piperidine rings is 1. The number of amides is 1. The van der Waals surface area contributed by atoms with Gasteiger partial charge in [0.1, 0.15) is 11.9 Å². The molecule has 1 atom stereocenters. The van der Waals surface area contributed by atoms with Crippen LogP contribution in [-0.4, -0.2) is 40.0 Å². The Bertz CT molecular complexity index is 543. The first-order chi connectivity index (χ1) is 11.7. The standard InChI is InChI=1S/C19H29N3O2/c1-15-20-12-11-18(21-15)24-17-8-5-13-22(14-17)19(23)10-9-16-6-3-2-4-7-16/h11-12,16-17H,2-10,13-14H2,1H3. The number of likely N-dealkylation sites (tertiary alicyclic amines) is 1. The summed E-state index contributed by atoms with van der Waals surface area (Å²) in [5.74, 6) is 2.39. The number of ether oxygens (including phenoxy) is 1. The topological polar surface area (TPSA) is 55.3 Å². The minimum absolute atomic E-state index is 0.0479. The van der Waals surface area contributed by atoms with Crippen molar-refractivity contribution < 1.29 is 9.53 Å². The average Bonchev–Trinajstić information content (AvgIpc) is 2.61. The van der Waals surface area contributed by atoms with Crippen molar-refractivity contribution >= 4 is 5.91 Å². The number of hydrogen-bond acceptors (Lipinski definition) is 4. The lowest BCUT2D eigenvalue weighted by atomic mass is 9.86. The van der Waals surface area contributed by atoms with Gasteiger partial charge in [-0.15, -0.1) is 0 Å². The minimum Gasteiger partial charge on any atom is -0.472 e. The molecule has 0 N–H and O–H groups in total. The summed E-state index contributed by atoms with van der Waals surface area (Å²) in [6.45, 7) is 3.41. The average molecular weight is 331 g/mol. The fourth-order valence-electron chi connectivity index (χ4n) is 3.89. The molecule has 2 fully saturated rings. The molecule has 0 spiro atoms. The minimum atomic E-state index is 0.0479. The Hall–Kier alpha value is -1.65. The van der Waals surface area contributed by atoms with Gasteiger partial charge >= 0.3 is 0 Å². The third kappa shape index (κ3) is 4.92. The zero-order valence-electron chi connectivity index (χ0n) is 14.7. The van der Waals surface area contributed by atoms with E-state index < -0.39 is 0 Å². The summed E-state index contributed by atoms with van der Waals surface area (Å²) in [4.78, 5) is 22.9. The maximum Gasteiger partial charge on any atom is 0.222 e. The highest BCUT2D eigenvalue weighted by Crippen LogP contribution is 2.28. The van der Waals surface area contributed by atoms with E-state index in [1.165, 1.54) is 32.1 Å². The molecule has 1 saturated carbocycles. The number of nitrogens with zero attached hydrogens (tertiary/aromatic N) is 3. The Morgan fingerprint density at radius 1 is 1.25 bits per heavy atom. The highest BCUT2D eigenvalue weighted by atomic mass is 16.5. The van der Waals surface area contributed by atoms with E-state index in [1.54, 1.807) is 12.3 Å². The van der Waals surface area contributed by atoms with Crippen LogP contribution in [0.2, 0.25) is 0 Å². The van der Waals surface area contributed by atoms with Gasteiger partial charge in [-0.05, 0) is 32.1 Å². The zero-order chi connectivity index (χ0) is 16.8. The van der Waals surface area contributed by atoms with Crippen molar-refractivity contribution in [1.82, 2.24) is 14.9 Å². The first-order valence-electron chi connectivity index (χ1n) is 9.45. The van der Waals surface area contributed by atoms with Crippen molar-refractivity contribution in [3.05, 3.63) is 18.1 Å². The Kier molecular flexibility index (Phi) is 6.05. The molecule has 0 bridgehead atoms. The summed E-state index contributed by atoms with van der Waals surface area (Å²) in [5, 5.41) is 0. The molecular formula is C19H29N3O2. The summed E-state index contributed by atoms with van der Waals surface area (Å²) in [7, 11) is 0. The molecule has 1 unspecified atom stereocenters. The van der Waals surface area contributed by atoms with Crippen LogP contribution in [0.5, 0.6) is 5.88 Å². The summed E-state index contributed by atoms with van der Waals surface area (Å²) >= 11 is 0. The second-order valence-electron chi connectivity index (χ2n) is 7.21. The van der Waals surface area contributed by atoms with Crippen LogP contribution in [0.1, 0.15) is 63.6 Å². The van der Waals surface area contributed by atoms with Gasteiger partial charge in [-0.1, -0.05) is 32.1 Å². The van der Waals surface area contributed by atoms with Crippen LogP contribution < -0.4 is 4.74 Å². The Balaban J connectivity index is 1.46. The van der Waals surface area contributed by atoms with Crippen molar-refractivity contribution in [2.75, 3.05) is 13.1 Å². The first kappa shape index (κ1) is 17.2. The lowest BCUT2D eigenvalue weighted by Crippen LogP contribution is -2.44. The zero-order valence-corrected chi connectivity index (χ0v) is 14.7. The lowest BCUT2D eigenvalue weighted by Gasteiger charge is -2.33. The Labute approximate surface area is 144 Å². The van der Waals surface area contributed by atoms with Gasteiger partial charge in [0.2, 0.25) is 11.8 Å².